The molecule has 0 aliphatic carbocycles. The quantitative estimate of drug-likeness (QED) is 0.688. The molecule has 0 saturated heterocycles. The Hall–Kier alpha value is -2.61. The standard InChI is InChI=1S/C20H19NO/c1-14-8-4-6-10-16(14)18-12-21(3)13-19(20(18)22)17-11-7-5-9-15(17)2/h4-13H,1-3H3. The van der Waals surface area contributed by atoms with Crippen molar-refractivity contribution in [1.29, 1.82) is 0 Å². The first-order valence-electron chi connectivity index (χ1n) is 7.40. The molecular weight excluding hydrogens is 270 g/mol. The van der Waals surface area contributed by atoms with Crippen LogP contribution < -0.4 is 5.43 Å². The van der Waals surface area contributed by atoms with Gasteiger partial charge in [-0.1, -0.05) is 48.5 Å². The first-order valence-corrected chi connectivity index (χ1v) is 7.40. The summed E-state index contributed by atoms with van der Waals surface area (Å²) in [6.45, 7) is 4.07. The molecule has 0 spiro atoms. The number of aromatic nitrogens is 1. The summed E-state index contributed by atoms with van der Waals surface area (Å²) in [6, 6.07) is 16.0. The van der Waals surface area contributed by atoms with Gasteiger partial charge in [-0.15, -0.1) is 0 Å². The van der Waals surface area contributed by atoms with Crippen LogP contribution >= 0.6 is 0 Å². The van der Waals surface area contributed by atoms with E-state index in [1.807, 2.05) is 86.4 Å². The molecule has 2 aromatic carbocycles. The van der Waals surface area contributed by atoms with Crippen molar-refractivity contribution in [3.8, 4) is 22.3 Å². The number of pyridine rings is 1. The van der Waals surface area contributed by atoms with E-state index in [4.69, 9.17) is 0 Å². The van der Waals surface area contributed by atoms with Gasteiger partial charge in [0.25, 0.3) is 0 Å². The smallest absolute Gasteiger partial charge is 0.197 e. The van der Waals surface area contributed by atoms with Crippen LogP contribution in [0, 0.1) is 13.8 Å². The molecule has 3 rings (SSSR count). The van der Waals surface area contributed by atoms with Gasteiger partial charge in [-0.3, -0.25) is 4.79 Å². The average Bonchev–Trinajstić information content (AvgIpc) is 2.51. The number of aryl methyl sites for hydroxylation is 3. The number of hydrogen-bond acceptors (Lipinski definition) is 1. The molecule has 0 atom stereocenters. The van der Waals surface area contributed by atoms with E-state index in [0.29, 0.717) is 0 Å². The first-order chi connectivity index (χ1) is 10.6. The van der Waals surface area contributed by atoms with Crippen LogP contribution in [-0.4, -0.2) is 4.57 Å². The molecule has 0 fully saturated rings. The third-order valence-electron chi connectivity index (χ3n) is 4.03. The van der Waals surface area contributed by atoms with E-state index < -0.39 is 0 Å². The molecule has 0 unspecified atom stereocenters. The van der Waals surface area contributed by atoms with Gasteiger partial charge in [0.2, 0.25) is 0 Å². The largest absolute Gasteiger partial charge is 0.356 e. The Kier molecular flexibility index (Phi) is 3.68. The summed E-state index contributed by atoms with van der Waals surface area (Å²) in [7, 11) is 1.96. The fraction of sp³-hybridized carbons (Fsp3) is 0.150. The molecule has 1 heterocycles. The summed E-state index contributed by atoms with van der Waals surface area (Å²) >= 11 is 0. The number of benzene rings is 2. The lowest BCUT2D eigenvalue weighted by molar-refractivity contribution is 0.904. The molecule has 0 radical (unpaired) electrons. The van der Waals surface area contributed by atoms with Crippen molar-refractivity contribution in [1.82, 2.24) is 4.57 Å². The molecule has 22 heavy (non-hydrogen) atoms. The van der Waals surface area contributed by atoms with E-state index in [2.05, 4.69) is 0 Å². The maximum absolute atomic E-state index is 13.0. The Labute approximate surface area is 130 Å². The SMILES string of the molecule is Cc1ccccc1-c1cn(C)cc(-c2ccccc2C)c1=O. The molecule has 0 amide bonds. The normalized spacial score (nSPS) is 10.7. The van der Waals surface area contributed by atoms with Gasteiger partial charge in [0.05, 0.1) is 0 Å². The Morgan fingerprint density at radius 2 is 1.09 bits per heavy atom. The minimum atomic E-state index is 0.0849. The molecule has 2 nitrogen and oxygen atoms in total. The Balaban J connectivity index is 2.30. The summed E-state index contributed by atoms with van der Waals surface area (Å²) < 4.78 is 1.96. The maximum atomic E-state index is 13.0. The molecule has 1 aromatic heterocycles. The first kappa shape index (κ1) is 14.3. The second kappa shape index (κ2) is 5.64. The molecule has 0 aliphatic rings. The van der Waals surface area contributed by atoms with E-state index in [0.717, 1.165) is 33.4 Å². The van der Waals surface area contributed by atoms with Crippen molar-refractivity contribution in [3.05, 3.63) is 82.3 Å². The Morgan fingerprint density at radius 3 is 1.50 bits per heavy atom. The van der Waals surface area contributed by atoms with Gasteiger partial charge in [0, 0.05) is 30.6 Å². The third-order valence-corrected chi connectivity index (χ3v) is 4.03. The van der Waals surface area contributed by atoms with Crippen molar-refractivity contribution in [2.75, 3.05) is 0 Å². The van der Waals surface area contributed by atoms with Gasteiger partial charge in [-0.2, -0.15) is 0 Å². The predicted octanol–water partition coefficient (Wildman–Crippen LogP) is 4.34. The van der Waals surface area contributed by atoms with Crippen LogP contribution in [0.4, 0.5) is 0 Å². The van der Waals surface area contributed by atoms with Crippen LogP contribution in [0.15, 0.2) is 65.7 Å². The highest BCUT2D eigenvalue weighted by molar-refractivity contribution is 5.74. The average molecular weight is 289 g/mol. The molecule has 2 heteroatoms. The predicted molar refractivity (Wildman–Crippen MR) is 92.0 cm³/mol. The maximum Gasteiger partial charge on any atom is 0.197 e. The molecule has 110 valence electrons. The lowest BCUT2D eigenvalue weighted by Gasteiger charge is -2.12. The Morgan fingerprint density at radius 1 is 0.682 bits per heavy atom. The highest BCUT2D eigenvalue weighted by Gasteiger charge is 2.13. The van der Waals surface area contributed by atoms with Crippen molar-refractivity contribution < 1.29 is 0 Å². The zero-order chi connectivity index (χ0) is 15.7. The zero-order valence-electron chi connectivity index (χ0n) is 13.1. The highest BCUT2D eigenvalue weighted by Crippen LogP contribution is 2.25. The number of hydrogen-bond donors (Lipinski definition) is 0. The van der Waals surface area contributed by atoms with E-state index in [1.54, 1.807) is 0 Å². The monoisotopic (exact) mass is 289 g/mol. The fourth-order valence-corrected chi connectivity index (χ4v) is 2.84. The lowest BCUT2D eigenvalue weighted by Crippen LogP contribution is -2.12. The molecular formula is C20H19NO. The highest BCUT2D eigenvalue weighted by atomic mass is 16.1. The van der Waals surface area contributed by atoms with Crippen LogP contribution in [-0.2, 0) is 7.05 Å². The van der Waals surface area contributed by atoms with Gasteiger partial charge >= 0.3 is 0 Å². The second-order valence-electron chi connectivity index (χ2n) is 5.71. The van der Waals surface area contributed by atoms with E-state index in [1.165, 1.54) is 0 Å². The van der Waals surface area contributed by atoms with E-state index in [-0.39, 0.29) is 5.43 Å². The third kappa shape index (κ3) is 2.48. The van der Waals surface area contributed by atoms with Crippen molar-refractivity contribution in [2.45, 2.75) is 13.8 Å². The van der Waals surface area contributed by atoms with Crippen LogP contribution in [0.5, 0.6) is 0 Å². The second-order valence-corrected chi connectivity index (χ2v) is 5.71. The summed E-state index contributed by atoms with van der Waals surface area (Å²) in [4.78, 5) is 13.0. The summed E-state index contributed by atoms with van der Waals surface area (Å²) in [5.74, 6) is 0. The molecule has 0 bridgehead atoms. The van der Waals surface area contributed by atoms with Gasteiger partial charge in [-0.05, 0) is 36.1 Å². The Bertz CT molecular complexity index is 820. The van der Waals surface area contributed by atoms with Crippen LogP contribution in [0.25, 0.3) is 22.3 Å². The number of nitrogens with zero attached hydrogens (tertiary/aromatic N) is 1. The molecule has 0 N–H and O–H groups in total. The molecule has 0 saturated carbocycles. The zero-order valence-corrected chi connectivity index (χ0v) is 13.1. The topological polar surface area (TPSA) is 22.0 Å². The van der Waals surface area contributed by atoms with Gasteiger partial charge in [0.15, 0.2) is 5.43 Å². The van der Waals surface area contributed by atoms with Crippen LogP contribution in [0.3, 0.4) is 0 Å². The fourth-order valence-electron chi connectivity index (χ4n) is 2.84. The number of rotatable bonds is 2. The summed E-state index contributed by atoms with van der Waals surface area (Å²) in [6.07, 6.45) is 3.82. The van der Waals surface area contributed by atoms with E-state index in [9.17, 15) is 4.79 Å². The lowest BCUT2D eigenvalue weighted by atomic mass is 9.96. The van der Waals surface area contributed by atoms with Gasteiger partial charge < -0.3 is 4.57 Å². The molecule has 0 aliphatic heterocycles. The summed E-state index contributed by atoms with van der Waals surface area (Å²) in [5.41, 5.74) is 5.81. The van der Waals surface area contributed by atoms with Crippen LogP contribution in [0.1, 0.15) is 11.1 Å². The molecule has 3 aromatic rings. The van der Waals surface area contributed by atoms with Gasteiger partial charge in [-0.25, -0.2) is 0 Å². The van der Waals surface area contributed by atoms with Crippen molar-refractivity contribution >= 4 is 0 Å². The van der Waals surface area contributed by atoms with Crippen molar-refractivity contribution in [3.63, 3.8) is 0 Å². The minimum absolute atomic E-state index is 0.0849. The van der Waals surface area contributed by atoms with Crippen molar-refractivity contribution in [2.24, 2.45) is 7.05 Å². The van der Waals surface area contributed by atoms with Crippen LogP contribution in [0.2, 0.25) is 0 Å². The van der Waals surface area contributed by atoms with E-state index >= 15 is 0 Å². The minimum Gasteiger partial charge on any atom is -0.356 e. The van der Waals surface area contributed by atoms with Gasteiger partial charge in [0.1, 0.15) is 0 Å². The summed E-state index contributed by atoms with van der Waals surface area (Å²) in [5, 5.41) is 0.